The SMILES string of the molecule is O=C1C=C(Nc2ccccc2)CCO1. The number of anilines is 1. The second kappa shape index (κ2) is 3.96. The van der Waals surface area contributed by atoms with E-state index in [0.29, 0.717) is 6.61 Å². The summed E-state index contributed by atoms with van der Waals surface area (Å²) in [5.74, 6) is -0.269. The maximum atomic E-state index is 10.9. The predicted octanol–water partition coefficient (Wildman–Crippen LogP) is 1.93. The van der Waals surface area contributed by atoms with Crippen molar-refractivity contribution in [2.24, 2.45) is 0 Å². The number of carbonyl (C=O) groups excluding carboxylic acids is 1. The van der Waals surface area contributed by atoms with Crippen molar-refractivity contribution >= 4 is 11.7 Å². The second-order valence-electron chi connectivity index (χ2n) is 3.08. The molecule has 0 unspecified atom stereocenters. The minimum absolute atomic E-state index is 0.269. The predicted molar refractivity (Wildman–Crippen MR) is 53.7 cm³/mol. The molecular weight excluding hydrogens is 178 g/mol. The average Bonchev–Trinajstić information content (AvgIpc) is 2.19. The van der Waals surface area contributed by atoms with Crippen LogP contribution in [0.2, 0.25) is 0 Å². The van der Waals surface area contributed by atoms with Gasteiger partial charge >= 0.3 is 5.97 Å². The van der Waals surface area contributed by atoms with Gasteiger partial charge in [-0.3, -0.25) is 0 Å². The Hall–Kier alpha value is -1.77. The maximum absolute atomic E-state index is 10.9. The molecule has 1 aliphatic heterocycles. The Kier molecular flexibility index (Phi) is 2.49. The molecule has 0 aromatic heterocycles. The van der Waals surface area contributed by atoms with Gasteiger partial charge in [-0.05, 0) is 12.1 Å². The first-order valence-corrected chi connectivity index (χ1v) is 4.54. The summed E-state index contributed by atoms with van der Waals surface area (Å²) in [7, 11) is 0. The Bertz CT molecular complexity index is 357. The average molecular weight is 189 g/mol. The monoisotopic (exact) mass is 189 g/mol. The van der Waals surface area contributed by atoms with Crippen molar-refractivity contribution in [2.45, 2.75) is 6.42 Å². The summed E-state index contributed by atoms with van der Waals surface area (Å²) in [6, 6.07) is 9.77. The number of carbonyl (C=O) groups is 1. The van der Waals surface area contributed by atoms with Crippen LogP contribution in [-0.2, 0) is 9.53 Å². The molecule has 0 radical (unpaired) electrons. The molecule has 3 heteroatoms. The van der Waals surface area contributed by atoms with Crippen LogP contribution in [0, 0.1) is 0 Å². The molecule has 1 N–H and O–H groups in total. The van der Waals surface area contributed by atoms with E-state index in [4.69, 9.17) is 4.74 Å². The zero-order chi connectivity index (χ0) is 9.80. The fraction of sp³-hybridized carbons (Fsp3) is 0.182. The largest absolute Gasteiger partial charge is 0.462 e. The van der Waals surface area contributed by atoms with Crippen LogP contribution in [0.25, 0.3) is 0 Å². The van der Waals surface area contributed by atoms with Gasteiger partial charge in [0.15, 0.2) is 0 Å². The third-order valence-electron chi connectivity index (χ3n) is 1.99. The smallest absolute Gasteiger partial charge is 0.332 e. The van der Waals surface area contributed by atoms with Crippen LogP contribution < -0.4 is 5.32 Å². The van der Waals surface area contributed by atoms with Gasteiger partial charge in [-0.2, -0.15) is 0 Å². The summed E-state index contributed by atoms with van der Waals surface area (Å²) in [5.41, 5.74) is 1.90. The van der Waals surface area contributed by atoms with Crippen molar-refractivity contribution in [1.82, 2.24) is 0 Å². The van der Waals surface area contributed by atoms with Crippen LogP contribution in [-0.4, -0.2) is 12.6 Å². The highest BCUT2D eigenvalue weighted by atomic mass is 16.5. The van der Waals surface area contributed by atoms with Gasteiger partial charge < -0.3 is 10.1 Å². The normalized spacial score (nSPS) is 15.7. The summed E-state index contributed by atoms with van der Waals surface area (Å²) < 4.78 is 4.79. The zero-order valence-corrected chi connectivity index (χ0v) is 7.69. The van der Waals surface area contributed by atoms with Gasteiger partial charge in [0.1, 0.15) is 0 Å². The number of benzene rings is 1. The van der Waals surface area contributed by atoms with Crippen molar-refractivity contribution < 1.29 is 9.53 Å². The summed E-state index contributed by atoms with van der Waals surface area (Å²) in [4.78, 5) is 10.9. The Balaban J connectivity index is 2.08. The number of hydrogen-bond acceptors (Lipinski definition) is 3. The highest BCUT2D eigenvalue weighted by Crippen LogP contribution is 2.13. The third kappa shape index (κ3) is 2.13. The van der Waals surface area contributed by atoms with Crippen LogP contribution >= 0.6 is 0 Å². The van der Waals surface area contributed by atoms with Crippen LogP contribution in [0.5, 0.6) is 0 Å². The Morgan fingerprint density at radius 1 is 1.21 bits per heavy atom. The van der Waals surface area contributed by atoms with E-state index in [1.165, 1.54) is 6.08 Å². The molecule has 2 rings (SSSR count). The van der Waals surface area contributed by atoms with E-state index >= 15 is 0 Å². The van der Waals surface area contributed by atoms with Crippen LogP contribution in [0.4, 0.5) is 5.69 Å². The number of cyclic esters (lactones) is 1. The molecule has 0 saturated heterocycles. The van der Waals surface area contributed by atoms with E-state index in [-0.39, 0.29) is 5.97 Å². The molecule has 1 aliphatic rings. The molecule has 0 spiro atoms. The molecule has 1 heterocycles. The van der Waals surface area contributed by atoms with E-state index in [0.717, 1.165) is 17.8 Å². The van der Waals surface area contributed by atoms with Gasteiger partial charge in [-0.1, -0.05) is 18.2 Å². The van der Waals surface area contributed by atoms with Crippen LogP contribution in [0.3, 0.4) is 0 Å². The molecule has 1 aromatic rings. The fourth-order valence-corrected chi connectivity index (χ4v) is 1.32. The molecule has 0 bridgehead atoms. The van der Waals surface area contributed by atoms with E-state index < -0.39 is 0 Å². The highest BCUT2D eigenvalue weighted by molar-refractivity contribution is 5.84. The summed E-state index contributed by atoms with van der Waals surface area (Å²) in [6.07, 6.45) is 2.25. The van der Waals surface area contributed by atoms with Gasteiger partial charge in [0.25, 0.3) is 0 Å². The number of ether oxygens (including phenoxy) is 1. The lowest BCUT2D eigenvalue weighted by atomic mass is 10.2. The summed E-state index contributed by atoms with van der Waals surface area (Å²) in [5, 5.41) is 3.17. The quantitative estimate of drug-likeness (QED) is 0.722. The Labute approximate surface area is 82.4 Å². The van der Waals surface area contributed by atoms with Gasteiger partial charge in [-0.15, -0.1) is 0 Å². The van der Waals surface area contributed by atoms with Crippen molar-refractivity contribution in [3.05, 3.63) is 42.1 Å². The van der Waals surface area contributed by atoms with E-state index in [2.05, 4.69) is 5.32 Å². The third-order valence-corrected chi connectivity index (χ3v) is 1.99. The van der Waals surface area contributed by atoms with Gasteiger partial charge in [0.2, 0.25) is 0 Å². The lowest BCUT2D eigenvalue weighted by Crippen LogP contribution is -2.14. The first kappa shape index (κ1) is 8.81. The van der Waals surface area contributed by atoms with E-state index in [9.17, 15) is 4.79 Å². The van der Waals surface area contributed by atoms with Gasteiger partial charge in [-0.25, -0.2) is 4.79 Å². The molecule has 3 nitrogen and oxygen atoms in total. The fourth-order valence-electron chi connectivity index (χ4n) is 1.32. The van der Waals surface area contributed by atoms with Crippen molar-refractivity contribution in [2.75, 3.05) is 11.9 Å². The second-order valence-corrected chi connectivity index (χ2v) is 3.08. The van der Waals surface area contributed by atoms with E-state index in [1.54, 1.807) is 0 Å². The molecule has 14 heavy (non-hydrogen) atoms. The number of para-hydroxylation sites is 1. The molecule has 0 fully saturated rings. The molecular formula is C11H11NO2. The van der Waals surface area contributed by atoms with Gasteiger partial charge in [0.05, 0.1) is 6.61 Å². The molecule has 0 saturated carbocycles. The number of rotatable bonds is 2. The van der Waals surface area contributed by atoms with Crippen molar-refractivity contribution in [3.63, 3.8) is 0 Å². The summed E-state index contributed by atoms with van der Waals surface area (Å²) >= 11 is 0. The number of esters is 1. The zero-order valence-electron chi connectivity index (χ0n) is 7.69. The van der Waals surface area contributed by atoms with Crippen molar-refractivity contribution in [1.29, 1.82) is 0 Å². The maximum Gasteiger partial charge on any atom is 0.332 e. The standard InChI is InChI=1S/C11H11NO2/c13-11-8-10(6-7-14-11)12-9-4-2-1-3-5-9/h1-5,8,12H,6-7H2. The first-order chi connectivity index (χ1) is 6.84. The molecule has 0 atom stereocenters. The van der Waals surface area contributed by atoms with Crippen LogP contribution in [0.15, 0.2) is 42.1 Å². The highest BCUT2D eigenvalue weighted by Gasteiger charge is 2.09. The van der Waals surface area contributed by atoms with Gasteiger partial charge in [0, 0.05) is 23.9 Å². The topological polar surface area (TPSA) is 38.3 Å². The first-order valence-electron chi connectivity index (χ1n) is 4.54. The minimum Gasteiger partial charge on any atom is -0.462 e. The molecule has 0 aliphatic carbocycles. The molecule has 0 amide bonds. The van der Waals surface area contributed by atoms with Crippen LogP contribution in [0.1, 0.15) is 6.42 Å². The Morgan fingerprint density at radius 2 is 2.00 bits per heavy atom. The van der Waals surface area contributed by atoms with E-state index in [1.807, 2.05) is 30.3 Å². The number of hydrogen-bond donors (Lipinski definition) is 1. The lowest BCUT2D eigenvalue weighted by Gasteiger charge is -2.14. The summed E-state index contributed by atoms with van der Waals surface area (Å²) in [6.45, 7) is 0.463. The lowest BCUT2D eigenvalue weighted by molar-refractivity contribution is -0.138. The number of nitrogens with one attached hydrogen (secondary N) is 1. The minimum atomic E-state index is -0.269. The Morgan fingerprint density at radius 3 is 2.71 bits per heavy atom. The molecule has 1 aromatic carbocycles. The molecule has 72 valence electrons. The van der Waals surface area contributed by atoms with Crippen molar-refractivity contribution in [3.8, 4) is 0 Å².